The molecular formula is C25H17BrO. The number of rotatable bonds is 3. The predicted octanol–water partition coefficient (Wildman–Crippen LogP) is 7.61. The van der Waals surface area contributed by atoms with Gasteiger partial charge in [0.15, 0.2) is 0 Å². The van der Waals surface area contributed by atoms with Crippen molar-refractivity contribution in [1.82, 2.24) is 0 Å². The molecule has 0 aliphatic rings. The standard InChI is InChI=1S/C25H17BrO/c26-22-10-5-11-24-25(22)21-16-20(12-13-23(21)27-24)19-9-4-8-18(15-19)14-17-6-2-1-3-7-17/h1-13,15-16H,14H2. The molecule has 0 fully saturated rings. The zero-order chi connectivity index (χ0) is 18.2. The molecule has 0 saturated heterocycles. The molecule has 5 rings (SSSR count). The summed E-state index contributed by atoms with van der Waals surface area (Å²) >= 11 is 3.67. The van der Waals surface area contributed by atoms with Crippen LogP contribution in [-0.2, 0) is 6.42 Å². The summed E-state index contributed by atoms with van der Waals surface area (Å²) in [5, 5.41) is 2.28. The van der Waals surface area contributed by atoms with Crippen LogP contribution >= 0.6 is 15.9 Å². The summed E-state index contributed by atoms with van der Waals surface area (Å²) in [4.78, 5) is 0. The Balaban J connectivity index is 1.59. The fourth-order valence-corrected chi connectivity index (χ4v) is 4.22. The van der Waals surface area contributed by atoms with E-state index in [9.17, 15) is 0 Å². The molecule has 0 atom stereocenters. The number of halogens is 1. The van der Waals surface area contributed by atoms with E-state index >= 15 is 0 Å². The molecule has 0 bridgehead atoms. The van der Waals surface area contributed by atoms with Crippen LogP contribution in [0.2, 0.25) is 0 Å². The Kier molecular flexibility index (Phi) is 4.06. The van der Waals surface area contributed by atoms with Gasteiger partial charge in [0.2, 0.25) is 0 Å². The summed E-state index contributed by atoms with van der Waals surface area (Å²) in [5.74, 6) is 0. The molecule has 0 saturated carbocycles. The molecule has 1 heterocycles. The van der Waals surface area contributed by atoms with Crippen LogP contribution in [0, 0.1) is 0 Å². The maximum absolute atomic E-state index is 6.00. The molecule has 0 unspecified atom stereocenters. The first-order valence-corrected chi connectivity index (χ1v) is 9.81. The molecule has 2 heteroatoms. The lowest BCUT2D eigenvalue weighted by Crippen LogP contribution is -1.88. The molecule has 0 aliphatic heterocycles. The molecular weight excluding hydrogens is 396 g/mol. The maximum Gasteiger partial charge on any atom is 0.136 e. The van der Waals surface area contributed by atoms with Crippen molar-refractivity contribution in [1.29, 1.82) is 0 Å². The third-order valence-corrected chi connectivity index (χ3v) is 5.62. The summed E-state index contributed by atoms with van der Waals surface area (Å²) < 4.78 is 7.06. The van der Waals surface area contributed by atoms with Gasteiger partial charge in [-0.25, -0.2) is 0 Å². The molecule has 5 aromatic rings. The van der Waals surface area contributed by atoms with Gasteiger partial charge in [-0.15, -0.1) is 0 Å². The highest BCUT2D eigenvalue weighted by Gasteiger charge is 2.11. The Morgan fingerprint density at radius 2 is 1.41 bits per heavy atom. The van der Waals surface area contributed by atoms with Crippen LogP contribution < -0.4 is 0 Å². The third kappa shape index (κ3) is 3.07. The maximum atomic E-state index is 6.00. The second kappa shape index (κ2) is 6.71. The van der Waals surface area contributed by atoms with Crippen molar-refractivity contribution >= 4 is 37.9 Å². The SMILES string of the molecule is Brc1cccc2oc3ccc(-c4cccc(Cc5ccccc5)c4)cc3c12. The number of benzene rings is 4. The Hall–Kier alpha value is -2.84. The molecule has 0 aliphatic carbocycles. The summed E-state index contributed by atoms with van der Waals surface area (Å²) in [7, 11) is 0. The lowest BCUT2D eigenvalue weighted by molar-refractivity contribution is 0.669. The molecule has 0 N–H and O–H groups in total. The van der Waals surface area contributed by atoms with Crippen LogP contribution in [0.4, 0.5) is 0 Å². The lowest BCUT2D eigenvalue weighted by atomic mass is 9.98. The van der Waals surface area contributed by atoms with Crippen molar-refractivity contribution in [3.8, 4) is 11.1 Å². The first-order chi connectivity index (χ1) is 13.3. The van der Waals surface area contributed by atoms with Crippen molar-refractivity contribution in [3.63, 3.8) is 0 Å². The van der Waals surface area contributed by atoms with E-state index in [1.807, 2.05) is 12.1 Å². The first-order valence-electron chi connectivity index (χ1n) is 9.02. The van der Waals surface area contributed by atoms with E-state index in [1.165, 1.54) is 22.3 Å². The number of hydrogen-bond donors (Lipinski definition) is 0. The van der Waals surface area contributed by atoms with E-state index in [1.54, 1.807) is 0 Å². The van der Waals surface area contributed by atoms with E-state index in [-0.39, 0.29) is 0 Å². The number of hydrogen-bond acceptors (Lipinski definition) is 1. The molecule has 1 aromatic heterocycles. The Labute approximate surface area is 166 Å². The second-order valence-electron chi connectivity index (χ2n) is 6.79. The molecule has 130 valence electrons. The van der Waals surface area contributed by atoms with Crippen LogP contribution in [-0.4, -0.2) is 0 Å². The molecule has 27 heavy (non-hydrogen) atoms. The van der Waals surface area contributed by atoms with Gasteiger partial charge in [0, 0.05) is 15.2 Å². The van der Waals surface area contributed by atoms with E-state index < -0.39 is 0 Å². The minimum atomic E-state index is 0.911. The first kappa shape index (κ1) is 16.3. The minimum absolute atomic E-state index is 0.911. The summed E-state index contributed by atoms with van der Waals surface area (Å²) in [5.41, 5.74) is 6.91. The van der Waals surface area contributed by atoms with Gasteiger partial charge in [-0.05, 0) is 52.9 Å². The summed E-state index contributed by atoms with van der Waals surface area (Å²) in [6.07, 6.45) is 0.942. The summed E-state index contributed by atoms with van der Waals surface area (Å²) in [6, 6.07) is 31.9. The quantitative estimate of drug-likeness (QED) is 0.297. The van der Waals surface area contributed by atoms with E-state index in [0.29, 0.717) is 0 Å². The molecule has 1 nitrogen and oxygen atoms in total. The van der Waals surface area contributed by atoms with Gasteiger partial charge in [0.05, 0.1) is 0 Å². The average Bonchev–Trinajstić information content (AvgIpc) is 3.08. The third-order valence-electron chi connectivity index (χ3n) is 4.96. The van der Waals surface area contributed by atoms with Crippen LogP contribution in [0.15, 0.2) is 99.9 Å². The highest BCUT2D eigenvalue weighted by atomic mass is 79.9. The van der Waals surface area contributed by atoms with Crippen molar-refractivity contribution in [3.05, 3.63) is 107 Å². The smallest absolute Gasteiger partial charge is 0.136 e. The Bertz CT molecular complexity index is 1250. The molecule has 0 spiro atoms. The monoisotopic (exact) mass is 412 g/mol. The topological polar surface area (TPSA) is 13.1 Å². The number of furan rings is 1. The van der Waals surface area contributed by atoms with Gasteiger partial charge in [-0.2, -0.15) is 0 Å². The van der Waals surface area contributed by atoms with Crippen LogP contribution in [0.3, 0.4) is 0 Å². The van der Waals surface area contributed by atoms with Crippen molar-refractivity contribution in [2.75, 3.05) is 0 Å². The van der Waals surface area contributed by atoms with Crippen LogP contribution in [0.25, 0.3) is 33.1 Å². The normalized spacial score (nSPS) is 11.3. The van der Waals surface area contributed by atoms with Gasteiger partial charge in [0.25, 0.3) is 0 Å². The molecule has 4 aromatic carbocycles. The lowest BCUT2D eigenvalue weighted by Gasteiger charge is -2.06. The van der Waals surface area contributed by atoms with E-state index in [4.69, 9.17) is 4.42 Å². The van der Waals surface area contributed by atoms with Gasteiger partial charge in [0.1, 0.15) is 11.2 Å². The Morgan fingerprint density at radius 3 is 2.30 bits per heavy atom. The van der Waals surface area contributed by atoms with Crippen LogP contribution in [0.1, 0.15) is 11.1 Å². The second-order valence-corrected chi connectivity index (χ2v) is 7.64. The van der Waals surface area contributed by atoms with Crippen LogP contribution in [0.5, 0.6) is 0 Å². The molecule has 0 radical (unpaired) electrons. The van der Waals surface area contributed by atoms with Crippen molar-refractivity contribution < 1.29 is 4.42 Å². The van der Waals surface area contributed by atoms with Crippen molar-refractivity contribution in [2.45, 2.75) is 6.42 Å². The van der Waals surface area contributed by atoms with E-state index in [2.05, 4.69) is 94.8 Å². The van der Waals surface area contributed by atoms with E-state index in [0.717, 1.165) is 32.8 Å². The molecule has 0 amide bonds. The number of fused-ring (bicyclic) bond motifs is 3. The van der Waals surface area contributed by atoms with Gasteiger partial charge < -0.3 is 4.42 Å². The predicted molar refractivity (Wildman–Crippen MR) is 116 cm³/mol. The van der Waals surface area contributed by atoms with Crippen molar-refractivity contribution in [2.24, 2.45) is 0 Å². The Morgan fingerprint density at radius 1 is 0.630 bits per heavy atom. The highest BCUT2D eigenvalue weighted by molar-refractivity contribution is 9.10. The van der Waals surface area contributed by atoms with Gasteiger partial charge in [-0.1, -0.05) is 82.7 Å². The average molecular weight is 413 g/mol. The fourth-order valence-electron chi connectivity index (χ4n) is 3.66. The van der Waals surface area contributed by atoms with Gasteiger partial charge in [-0.3, -0.25) is 0 Å². The zero-order valence-corrected chi connectivity index (χ0v) is 16.2. The fraction of sp³-hybridized carbons (Fsp3) is 0.0400. The summed E-state index contributed by atoms with van der Waals surface area (Å²) in [6.45, 7) is 0. The highest BCUT2D eigenvalue weighted by Crippen LogP contribution is 2.36. The van der Waals surface area contributed by atoms with Gasteiger partial charge >= 0.3 is 0 Å². The largest absolute Gasteiger partial charge is 0.456 e. The minimum Gasteiger partial charge on any atom is -0.456 e. The zero-order valence-electron chi connectivity index (χ0n) is 14.7.